The number of hydrogen-bond acceptors (Lipinski definition) is 4. The van der Waals surface area contributed by atoms with Gasteiger partial charge >= 0.3 is 5.97 Å². The van der Waals surface area contributed by atoms with Gasteiger partial charge in [0.05, 0.1) is 17.2 Å². The van der Waals surface area contributed by atoms with E-state index < -0.39 is 5.97 Å². The molecule has 0 bridgehead atoms. The van der Waals surface area contributed by atoms with E-state index in [-0.39, 0.29) is 13.0 Å². The molecule has 1 heterocycles. The van der Waals surface area contributed by atoms with Gasteiger partial charge in [-0.25, -0.2) is 0 Å². The zero-order valence-electron chi connectivity index (χ0n) is 10.6. The summed E-state index contributed by atoms with van der Waals surface area (Å²) in [6, 6.07) is 7.57. The smallest absolute Gasteiger partial charge is 0.303 e. The maximum atomic E-state index is 10.7. The Balaban J connectivity index is 2.45. The second kappa shape index (κ2) is 5.95. The van der Waals surface area contributed by atoms with Gasteiger partial charge < -0.3 is 10.2 Å². The van der Waals surface area contributed by atoms with E-state index in [2.05, 4.69) is 4.37 Å². The van der Waals surface area contributed by atoms with Crippen LogP contribution in [0.25, 0.3) is 10.4 Å². The predicted molar refractivity (Wildman–Crippen MR) is 74.2 cm³/mol. The summed E-state index contributed by atoms with van der Waals surface area (Å²) in [7, 11) is 0. The Hall–Kier alpha value is -1.72. The van der Waals surface area contributed by atoms with Gasteiger partial charge in [0.25, 0.3) is 0 Å². The highest BCUT2D eigenvalue weighted by Gasteiger charge is 2.13. The minimum absolute atomic E-state index is 0.0623. The highest BCUT2D eigenvalue weighted by molar-refractivity contribution is 7.09. The first-order valence-corrected chi connectivity index (χ1v) is 6.76. The summed E-state index contributed by atoms with van der Waals surface area (Å²) < 4.78 is 4.25. The van der Waals surface area contributed by atoms with Crippen LogP contribution in [0.5, 0.6) is 0 Å². The number of rotatable bonds is 5. The molecule has 1 aromatic heterocycles. The second-order valence-electron chi connectivity index (χ2n) is 4.34. The molecule has 0 saturated heterocycles. The van der Waals surface area contributed by atoms with Gasteiger partial charge in [0, 0.05) is 12.0 Å². The van der Waals surface area contributed by atoms with Crippen molar-refractivity contribution in [2.45, 2.75) is 26.4 Å². The molecule has 0 amide bonds. The average molecular weight is 277 g/mol. The molecule has 0 spiro atoms. The number of nitrogens with zero attached hydrogens (tertiary/aromatic N) is 1. The van der Waals surface area contributed by atoms with Gasteiger partial charge in [-0.3, -0.25) is 4.79 Å². The SMILES string of the molecule is Cc1cc(-c2c(CO)cccc2CCC(=O)O)sn1. The largest absolute Gasteiger partial charge is 0.481 e. The normalized spacial score (nSPS) is 10.6. The molecular formula is C14H15NO3S. The van der Waals surface area contributed by atoms with E-state index in [0.29, 0.717) is 6.42 Å². The van der Waals surface area contributed by atoms with Crippen LogP contribution in [0, 0.1) is 6.92 Å². The van der Waals surface area contributed by atoms with Crippen molar-refractivity contribution < 1.29 is 15.0 Å². The molecule has 5 heteroatoms. The predicted octanol–water partition coefficient (Wildman–Crippen LogP) is 2.63. The Bertz CT molecular complexity index is 592. The molecule has 0 aliphatic carbocycles. The Morgan fingerprint density at radius 1 is 1.37 bits per heavy atom. The van der Waals surface area contributed by atoms with E-state index in [4.69, 9.17) is 5.11 Å². The molecule has 0 radical (unpaired) electrons. The van der Waals surface area contributed by atoms with E-state index in [9.17, 15) is 9.90 Å². The van der Waals surface area contributed by atoms with Crippen molar-refractivity contribution in [3.8, 4) is 10.4 Å². The lowest BCUT2D eigenvalue weighted by Crippen LogP contribution is -2.00. The van der Waals surface area contributed by atoms with Crippen molar-refractivity contribution in [3.63, 3.8) is 0 Å². The first-order valence-electron chi connectivity index (χ1n) is 5.99. The van der Waals surface area contributed by atoms with Crippen LogP contribution in [0.15, 0.2) is 24.3 Å². The monoisotopic (exact) mass is 277 g/mol. The highest BCUT2D eigenvalue weighted by atomic mass is 32.1. The van der Waals surface area contributed by atoms with Gasteiger partial charge in [0.1, 0.15) is 0 Å². The van der Waals surface area contributed by atoms with Crippen LogP contribution in [-0.2, 0) is 17.8 Å². The van der Waals surface area contributed by atoms with Crippen LogP contribution in [0.3, 0.4) is 0 Å². The Morgan fingerprint density at radius 3 is 2.68 bits per heavy atom. The molecule has 19 heavy (non-hydrogen) atoms. The molecular weight excluding hydrogens is 262 g/mol. The van der Waals surface area contributed by atoms with Crippen molar-refractivity contribution in [2.24, 2.45) is 0 Å². The number of aromatic nitrogens is 1. The molecule has 0 unspecified atom stereocenters. The summed E-state index contributed by atoms with van der Waals surface area (Å²) in [6.07, 6.45) is 0.537. The number of hydrogen-bond donors (Lipinski definition) is 2. The van der Waals surface area contributed by atoms with Crippen molar-refractivity contribution in [3.05, 3.63) is 41.1 Å². The summed E-state index contributed by atoms with van der Waals surface area (Å²) in [5.41, 5.74) is 3.61. The fraction of sp³-hybridized carbons (Fsp3) is 0.286. The fourth-order valence-electron chi connectivity index (χ4n) is 2.03. The van der Waals surface area contributed by atoms with Crippen LogP contribution in [0.1, 0.15) is 23.2 Å². The third-order valence-electron chi connectivity index (χ3n) is 2.89. The molecule has 0 atom stereocenters. The summed E-state index contributed by atoms with van der Waals surface area (Å²) in [4.78, 5) is 11.7. The van der Waals surface area contributed by atoms with Crippen molar-refractivity contribution in [2.75, 3.05) is 0 Å². The van der Waals surface area contributed by atoms with E-state index in [1.54, 1.807) is 0 Å². The van der Waals surface area contributed by atoms with Crippen LogP contribution in [0.4, 0.5) is 0 Å². The number of carboxylic acid groups (broad SMARTS) is 1. The van der Waals surface area contributed by atoms with Crippen LogP contribution in [0.2, 0.25) is 0 Å². The lowest BCUT2D eigenvalue weighted by molar-refractivity contribution is -0.136. The number of aliphatic hydroxyl groups excluding tert-OH is 1. The standard InChI is InChI=1S/C14H15NO3S/c1-9-7-12(19-15-9)14-10(5-6-13(17)18)3-2-4-11(14)8-16/h2-4,7,16H,5-6,8H2,1H3,(H,17,18). The lowest BCUT2D eigenvalue weighted by Gasteiger charge is -2.11. The Labute approximate surface area is 115 Å². The molecule has 100 valence electrons. The van der Waals surface area contributed by atoms with E-state index >= 15 is 0 Å². The molecule has 0 saturated carbocycles. The van der Waals surface area contributed by atoms with Gasteiger partial charge in [-0.05, 0) is 42.1 Å². The molecule has 4 nitrogen and oxygen atoms in total. The van der Waals surface area contributed by atoms with E-state index in [1.165, 1.54) is 11.5 Å². The number of carboxylic acids is 1. The summed E-state index contributed by atoms with van der Waals surface area (Å²) >= 11 is 1.37. The fourth-order valence-corrected chi connectivity index (χ4v) is 2.90. The topological polar surface area (TPSA) is 70.4 Å². The number of aliphatic hydroxyl groups is 1. The van der Waals surface area contributed by atoms with Gasteiger partial charge in [0.15, 0.2) is 0 Å². The quantitative estimate of drug-likeness (QED) is 0.881. The van der Waals surface area contributed by atoms with Crippen LogP contribution < -0.4 is 0 Å². The summed E-state index contributed by atoms with van der Waals surface area (Å²) in [5, 5.41) is 18.3. The molecule has 0 aliphatic heterocycles. The summed E-state index contributed by atoms with van der Waals surface area (Å²) in [5.74, 6) is -0.819. The van der Waals surface area contributed by atoms with Crippen LogP contribution in [-0.4, -0.2) is 20.6 Å². The first kappa shape index (κ1) is 13.7. The van der Waals surface area contributed by atoms with Crippen molar-refractivity contribution in [1.29, 1.82) is 0 Å². The Morgan fingerprint density at radius 2 is 2.11 bits per heavy atom. The lowest BCUT2D eigenvalue weighted by atomic mass is 9.96. The maximum absolute atomic E-state index is 10.7. The van der Waals surface area contributed by atoms with Crippen LogP contribution >= 0.6 is 11.5 Å². The van der Waals surface area contributed by atoms with E-state index in [1.807, 2.05) is 31.2 Å². The third kappa shape index (κ3) is 3.19. The van der Waals surface area contributed by atoms with Crippen molar-refractivity contribution >= 4 is 17.5 Å². The van der Waals surface area contributed by atoms with E-state index in [0.717, 1.165) is 27.3 Å². The zero-order valence-corrected chi connectivity index (χ0v) is 11.4. The minimum atomic E-state index is -0.819. The molecule has 2 N–H and O–H groups in total. The van der Waals surface area contributed by atoms with Gasteiger partial charge in [-0.2, -0.15) is 4.37 Å². The highest BCUT2D eigenvalue weighted by Crippen LogP contribution is 2.32. The first-order chi connectivity index (χ1) is 9.11. The second-order valence-corrected chi connectivity index (χ2v) is 5.14. The zero-order chi connectivity index (χ0) is 13.8. The minimum Gasteiger partial charge on any atom is -0.481 e. The molecule has 2 rings (SSSR count). The summed E-state index contributed by atoms with van der Waals surface area (Å²) in [6.45, 7) is 1.85. The number of carbonyl (C=O) groups is 1. The van der Waals surface area contributed by atoms with Gasteiger partial charge in [-0.15, -0.1) is 0 Å². The number of aliphatic carboxylic acids is 1. The van der Waals surface area contributed by atoms with Crippen molar-refractivity contribution in [1.82, 2.24) is 4.37 Å². The van der Waals surface area contributed by atoms with Gasteiger partial charge in [0.2, 0.25) is 0 Å². The maximum Gasteiger partial charge on any atom is 0.303 e. The molecule has 2 aromatic rings. The average Bonchev–Trinajstić information content (AvgIpc) is 2.82. The number of aryl methyl sites for hydroxylation is 2. The van der Waals surface area contributed by atoms with Gasteiger partial charge in [-0.1, -0.05) is 18.2 Å². The molecule has 0 aliphatic rings. The molecule has 0 fully saturated rings. The molecule has 1 aromatic carbocycles. The number of benzene rings is 1. The third-order valence-corrected chi connectivity index (χ3v) is 3.79. The Kier molecular flexibility index (Phi) is 4.29.